The summed E-state index contributed by atoms with van der Waals surface area (Å²) in [7, 11) is 0. The molecule has 3 rings (SSSR count). The molecule has 0 aliphatic carbocycles. The lowest BCUT2D eigenvalue weighted by Gasteiger charge is -2.33. The number of morpholine rings is 1. The van der Waals surface area contributed by atoms with Gasteiger partial charge in [0.15, 0.2) is 0 Å². The van der Waals surface area contributed by atoms with E-state index in [2.05, 4.69) is 62.1 Å². The zero-order valence-electron chi connectivity index (χ0n) is 17.1. The number of hydrogen-bond donors (Lipinski definition) is 0. The molecule has 2 heterocycles. The molecule has 148 valence electrons. The highest BCUT2D eigenvalue weighted by Crippen LogP contribution is 2.24. The van der Waals surface area contributed by atoms with Crippen LogP contribution in [0.5, 0.6) is 0 Å². The van der Waals surface area contributed by atoms with Crippen LogP contribution in [-0.4, -0.2) is 61.6 Å². The molecule has 4 heteroatoms. The van der Waals surface area contributed by atoms with Crippen LogP contribution in [0.4, 0.5) is 0 Å². The zero-order valence-corrected chi connectivity index (χ0v) is 17.1. The molecule has 1 aromatic rings. The second kappa shape index (κ2) is 9.03. The minimum atomic E-state index is 0.197. The third-order valence-corrected chi connectivity index (χ3v) is 5.69. The molecule has 0 bridgehead atoms. The average molecular weight is 371 g/mol. The first-order chi connectivity index (χ1) is 12.9. The molecular weight excluding hydrogens is 336 g/mol. The Morgan fingerprint density at radius 1 is 1.07 bits per heavy atom. The van der Waals surface area contributed by atoms with Gasteiger partial charge in [0.05, 0.1) is 19.8 Å². The Bertz CT molecular complexity index is 631. The number of carbonyl (C=O) groups excluding carboxylic acids is 1. The lowest BCUT2D eigenvalue weighted by Crippen LogP contribution is -2.46. The molecule has 1 aromatic carbocycles. The van der Waals surface area contributed by atoms with E-state index < -0.39 is 0 Å². The van der Waals surface area contributed by atoms with Gasteiger partial charge in [-0.3, -0.25) is 9.69 Å². The quantitative estimate of drug-likeness (QED) is 0.812. The van der Waals surface area contributed by atoms with Gasteiger partial charge in [0.1, 0.15) is 0 Å². The van der Waals surface area contributed by atoms with Crippen molar-refractivity contribution in [2.24, 2.45) is 5.92 Å². The number of hydrogen-bond acceptors (Lipinski definition) is 3. The van der Waals surface area contributed by atoms with Crippen molar-refractivity contribution < 1.29 is 9.53 Å². The number of benzene rings is 1. The van der Waals surface area contributed by atoms with Gasteiger partial charge in [0, 0.05) is 26.2 Å². The van der Waals surface area contributed by atoms with Crippen LogP contribution in [0.1, 0.15) is 44.7 Å². The third-order valence-electron chi connectivity index (χ3n) is 5.69. The Labute approximate surface area is 164 Å². The highest BCUT2D eigenvalue weighted by molar-refractivity contribution is 5.78. The second-order valence-electron chi connectivity index (χ2n) is 8.84. The van der Waals surface area contributed by atoms with Crippen LogP contribution in [0.15, 0.2) is 30.3 Å². The first kappa shape index (κ1) is 20.1. The van der Waals surface area contributed by atoms with Crippen LogP contribution in [-0.2, 0) is 14.9 Å². The molecule has 0 unspecified atom stereocenters. The topological polar surface area (TPSA) is 32.8 Å². The summed E-state index contributed by atoms with van der Waals surface area (Å²) in [6.07, 6.45) is 6.69. The minimum Gasteiger partial charge on any atom is -0.379 e. The van der Waals surface area contributed by atoms with E-state index in [0.717, 1.165) is 52.2 Å². The highest BCUT2D eigenvalue weighted by atomic mass is 16.5. The van der Waals surface area contributed by atoms with E-state index in [4.69, 9.17) is 4.74 Å². The molecule has 0 atom stereocenters. The number of ether oxygens (including phenoxy) is 1. The lowest BCUT2D eigenvalue weighted by molar-refractivity contribution is -0.134. The van der Waals surface area contributed by atoms with Crippen LogP contribution >= 0.6 is 0 Å². The van der Waals surface area contributed by atoms with E-state index in [9.17, 15) is 4.79 Å². The van der Waals surface area contributed by atoms with E-state index in [1.807, 2.05) is 4.90 Å². The first-order valence-corrected chi connectivity index (χ1v) is 10.3. The number of allylic oxidation sites excluding steroid dienone is 1. The van der Waals surface area contributed by atoms with E-state index in [1.165, 1.54) is 11.1 Å². The van der Waals surface area contributed by atoms with Gasteiger partial charge in [-0.25, -0.2) is 0 Å². The summed E-state index contributed by atoms with van der Waals surface area (Å²) in [6.45, 7) is 12.3. The maximum absolute atomic E-state index is 12.5. The predicted molar refractivity (Wildman–Crippen MR) is 111 cm³/mol. The van der Waals surface area contributed by atoms with E-state index >= 15 is 0 Å². The molecule has 2 fully saturated rings. The first-order valence-electron chi connectivity index (χ1n) is 10.3. The van der Waals surface area contributed by atoms with Gasteiger partial charge in [-0.05, 0) is 35.3 Å². The third kappa shape index (κ3) is 5.91. The van der Waals surface area contributed by atoms with Crippen molar-refractivity contribution >= 4 is 12.0 Å². The van der Waals surface area contributed by atoms with Crippen molar-refractivity contribution in [2.45, 2.75) is 39.0 Å². The van der Waals surface area contributed by atoms with Crippen LogP contribution in [0.3, 0.4) is 0 Å². The van der Waals surface area contributed by atoms with E-state index in [1.54, 1.807) is 0 Å². The smallest absolute Gasteiger partial charge is 0.236 e. The molecule has 0 saturated carbocycles. The molecule has 0 spiro atoms. The van der Waals surface area contributed by atoms with Crippen LogP contribution < -0.4 is 0 Å². The Morgan fingerprint density at radius 2 is 1.70 bits per heavy atom. The Hall–Kier alpha value is -1.65. The lowest BCUT2D eigenvalue weighted by atomic mass is 9.86. The molecule has 0 radical (unpaired) electrons. The number of likely N-dealkylation sites (tertiary alicyclic amines) is 1. The SMILES string of the molecule is CC(C)(C)c1ccc(/C=C\C2CCN(C(=O)CN3CCOCC3)CC2)cc1. The molecule has 2 aliphatic heterocycles. The fraction of sp³-hybridized carbons (Fsp3) is 0.609. The van der Waals surface area contributed by atoms with Gasteiger partial charge in [-0.2, -0.15) is 0 Å². The highest BCUT2D eigenvalue weighted by Gasteiger charge is 2.23. The molecule has 2 aliphatic rings. The molecule has 2 saturated heterocycles. The molecule has 0 N–H and O–H groups in total. The van der Waals surface area contributed by atoms with Crippen molar-refractivity contribution in [1.82, 2.24) is 9.80 Å². The Kier molecular flexibility index (Phi) is 6.72. The van der Waals surface area contributed by atoms with Crippen LogP contribution in [0.2, 0.25) is 0 Å². The molecule has 27 heavy (non-hydrogen) atoms. The molecular formula is C23H34N2O2. The predicted octanol–water partition coefficient (Wildman–Crippen LogP) is 3.57. The van der Waals surface area contributed by atoms with Gasteiger partial charge in [0.2, 0.25) is 5.91 Å². The van der Waals surface area contributed by atoms with E-state index in [-0.39, 0.29) is 11.3 Å². The van der Waals surface area contributed by atoms with Crippen LogP contribution in [0.25, 0.3) is 6.08 Å². The molecule has 0 aromatic heterocycles. The van der Waals surface area contributed by atoms with Crippen molar-refractivity contribution in [3.05, 3.63) is 41.5 Å². The number of nitrogens with zero attached hydrogens (tertiary/aromatic N) is 2. The Balaban J connectivity index is 1.44. The number of amides is 1. The standard InChI is InChI=1S/C23H34N2O2/c1-23(2,3)21-8-6-19(7-9-21)4-5-20-10-12-25(13-11-20)22(26)18-24-14-16-27-17-15-24/h4-9,20H,10-18H2,1-3H3/b5-4-. The number of carbonyl (C=O) groups is 1. The van der Waals surface area contributed by atoms with Gasteiger partial charge in [0.25, 0.3) is 0 Å². The summed E-state index contributed by atoms with van der Waals surface area (Å²) in [5.41, 5.74) is 2.82. The van der Waals surface area contributed by atoms with Crippen molar-refractivity contribution in [2.75, 3.05) is 45.9 Å². The number of piperidine rings is 1. The van der Waals surface area contributed by atoms with Gasteiger partial charge in [-0.1, -0.05) is 57.2 Å². The summed E-state index contributed by atoms with van der Waals surface area (Å²) in [5, 5.41) is 0. The monoisotopic (exact) mass is 370 g/mol. The largest absolute Gasteiger partial charge is 0.379 e. The van der Waals surface area contributed by atoms with Crippen molar-refractivity contribution in [1.29, 1.82) is 0 Å². The zero-order chi connectivity index (χ0) is 19.3. The molecule has 1 amide bonds. The summed E-state index contributed by atoms with van der Waals surface area (Å²) in [4.78, 5) is 16.7. The fourth-order valence-electron chi connectivity index (χ4n) is 3.73. The van der Waals surface area contributed by atoms with Crippen molar-refractivity contribution in [3.63, 3.8) is 0 Å². The second-order valence-corrected chi connectivity index (χ2v) is 8.84. The summed E-state index contributed by atoms with van der Waals surface area (Å²) < 4.78 is 5.35. The summed E-state index contributed by atoms with van der Waals surface area (Å²) >= 11 is 0. The normalized spacial score (nSPS) is 20.3. The van der Waals surface area contributed by atoms with Gasteiger partial charge < -0.3 is 9.64 Å². The Morgan fingerprint density at radius 3 is 2.30 bits per heavy atom. The van der Waals surface area contributed by atoms with Crippen molar-refractivity contribution in [3.8, 4) is 0 Å². The van der Waals surface area contributed by atoms with Gasteiger partial charge in [-0.15, -0.1) is 0 Å². The fourth-order valence-corrected chi connectivity index (χ4v) is 3.73. The maximum Gasteiger partial charge on any atom is 0.236 e. The maximum atomic E-state index is 12.5. The minimum absolute atomic E-state index is 0.197. The van der Waals surface area contributed by atoms with Gasteiger partial charge >= 0.3 is 0 Å². The molecule has 4 nitrogen and oxygen atoms in total. The number of rotatable bonds is 4. The average Bonchev–Trinajstić information content (AvgIpc) is 2.67. The summed E-state index contributed by atoms with van der Waals surface area (Å²) in [6, 6.07) is 8.87. The van der Waals surface area contributed by atoms with E-state index in [0.29, 0.717) is 12.5 Å². The van der Waals surface area contributed by atoms with Crippen LogP contribution in [0, 0.1) is 5.92 Å². The summed E-state index contributed by atoms with van der Waals surface area (Å²) in [5.74, 6) is 0.844.